The van der Waals surface area contributed by atoms with E-state index in [2.05, 4.69) is 25.7 Å². The molecule has 0 spiro atoms. The van der Waals surface area contributed by atoms with E-state index in [1.165, 1.54) is 12.8 Å². The summed E-state index contributed by atoms with van der Waals surface area (Å²) >= 11 is 0. The summed E-state index contributed by atoms with van der Waals surface area (Å²) < 4.78 is 11.8. The summed E-state index contributed by atoms with van der Waals surface area (Å²) in [5.41, 5.74) is -0.0435. The standard InChI is InChI=1S/C19H33NO3/c1-4-5-12-22-16-13-17(19(16,2)3)23-18(21)14-8-10-20(11-9-14)15-6-7-15/h14-17H,4-13H2,1-3H3/t16-,17-/m1/s1. The maximum absolute atomic E-state index is 12.5. The molecule has 0 amide bonds. The Morgan fingerprint density at radius 2 is 1.83 bits per heavy atom. The molecule has 0 aromatic carbocycles. The van der Waals surface area contributed by atoms with Gasteiger partial charge in [0.1, 0.15) is 6.10 Å². The molecule has 3 fully saturated rings. The van der Waals surface area contributed by atoms with Gasteiger partial charge in [0, 0.05) is 24.5 Å². The van der Waals surface area contributed by atoms with E-state index in [0.29, 0.717) is 0 Å². The normalized spacial score (nSPS) is 31.6. The summed E-state index contributed by atoms with van der Waals surface area (Å²) in [5, 5.41) is 0. The van der Waals surface area contributed by atoms with Crippen LogP contribution in [0, 0.1) is 11.3 Å². The molecule has 0 aromatic heterocycles. The van der Waals surface area contributed by atoms with Crippen LogP contribution in [0.1, 0.15) is 65.7 Å². The molecule has 2 aliphatic carbocycles. The van der Waals surface area contributed by atoms with Gasteiger partial charge >= 0.3 is 5.97 Å². The molecule has 1 aliphatic heterocycles. The largest absolute Gasteiger partial charge is 0.461 e. The minimum Gasteiger partial charge on any atom is -0.461 e. The Morgan fingerprint density at radius 3 is 2.39 bits per heavy atom. The van der Waals surface area contributed by atoms with Crippen molar-refractivity contribution >= 4 is 5.97 Å². The lowest BCUT2D eigenvalue weighted by atomic mass is 9.66. The number of esters is 1. The molecule has 0 radical (unpaired) electrons. The van der Waals surface area contributed by atoms with Gasteiger partial charge in [-0.2, -0.15) is 0 Å². The lowest BCUT2D eigenvalue weighted by Crippen LogP contribution is -2.57. The number of hydrogen-bond acceptors (Lipinski definition) is 4. The predicted molar refractivity (Wildman–Crippen MR) is 90.2 cm³/mol. The van der Waals surface area contributed by atoms with E-state index in [-0.39, 0.29) is 29.5 Å². The van der Waals surface area contributed by atoms with Crippen molar-refractivity contribution in [3.8, 4) is 0 Å². The first kappa shape index (κ1) is 17.2. The number of carbonyl (C=O) groups is 1. The Kier molecular flexibility index (Phi) is 5.32. The lowest BCUT2D eigenvalue weighted by molar-refractivity contribution is -0.207. The van der Waals surface area contributed by atoms with Crippen molar-refractivity contribution in [3.05, 3.63) is 0 Å². The Hall–Kier alpha value is -0.610. The maximum Gasteiger partial charge on any atom is 0.309 e. The van der Waals surface area contributed by atoms with Crippen LogP contribution in [0.2, 0.25) is 0 Å². The quantitative estimate of drug-likeness (QED) is 0.532. The van der Waals surface area contributed by atoms with E-state index in [0.717, 1.165) is 57.8 Å². The fourth-order valence-corrected chi connectivity index (χ4v) is 3.88. The van der Waals surface area contributed by atoms with Gasteiger partial charge < -0.3 is 14.4 Å². The van der Waals surface area contributed by atoms with Crippen molar-refractivity contribution in [2.75, 3.05) is 19.7 Å². The second kappa shape index (κ2) is 7.10. The third kappa shape index (κ3) is 3.90. The second-order valence-corrected chi connectivity index (χ2v) is 8.24. The number of hydrogen-bond donors (Lipinski definition) is 0. The molecular weight excluding hydrogens is 290 g/mol. The zero-order valence-corrected chi connectivity index (χ0v) is 15.1. The highest BCUT2D eigenvalue weighted by Gasteiger charge is 2.52. The van der Waals surface area contributed by atoms with Crippen LogP contribution in [0.5, 0.6) is 0 Å². The van der Waals surface area contributed by atoms with E-state index < -0.39 is 0 Å². The van der Waals surface area contributed by atoms with Crippen molar-refractivity contribution in [1.82, 2.24) is 4.90 Å². The maximum atomic E-state index is 12.5. The van der Waals surface area contributed by atoms with E-state index in [1.807, 2.05) is 0 Å². The molecule has 2 saturated carbocycles. The fourth-order valence-electron chi connectivity index (χ4n) is 3.88. The molecule has 1 saturated heterocycles. The van der Waals surface area contributed by atoms with Gasteiger partial charge in [-0.25, -0.2) is 0 Å². The lowest BCUT2D eigenvalue weighted by Gasteiger charge is -2.50. The van der Waals surface area contributed by atoms with Gasteiger partial charge in [0.25, 0.3) is 0 Å². The second-order valence-electron chi connectivity index (χ2n) is 8.24. The molecule has 4 nitrogen and oxygen atoms in total. The highest BCUT2D eigenvalue weighted by molar-refractivity contribution is 5.73. The molecule has 0 unspecified atom stereocenters. The zero-order valence-electron chi connectivity index (χ0n) is 15.1. The van der Waals surface area contributed by atoms with Crippen LogP contribution >= 0.6 is 0 Å². The monoisotopic (exact) mass is 323 g/mol. The van der Waals surface area contributed by atoms with E-state index in [1.54, 1.807) is 0 Å². The number of carbonyl (C=O) groups excluding carboxylic acids is 1. The summed E-state index contributed by atoms with van der Waals surface area (Å²) in [5.74, 6) is 0.145. The number of rotatable bonds is 7. The minimum atomic E-state index is -0.0435. The van der Waals surface area contributed by atoms with Gasteiger partial charge in [-0.15, -0.1) is 0 Å². The summed E-state index contributed by atoms with van der Waals surface area (Å²) in [7, 11) is 0. The highest BCUT2D eigenvalue weighted by Crippen LogP contribution is 2.45. The Morgan fingerprint density at radius 1 is 1.13 bits per heavy atom. The van der Waals surface area contributed by atoms with Crippen LogP contribution in [0.3, 0.4) is 0 Å². The van der Waals surface area contributed by atoms with Gasteiger partial charge in [-0.1, -0.05) is 27.2 Å². The van der Waals surface area contributed by atoms with Crippen molar-refractivity contribution in [3.63, 3.8) is 0 Å². The van der Waals surface area contributed by atoms with Crippen molar-refractivity contribution in [2.24, 2.45) is 11.3 Å². The summed E-state index contributed by atoms with van der Waals surface area (Å²) in [6.07, 6.45) is 8.05. The van der Waals surface area contributed by atoms with Crippen LogP contribution in [-0.4, -0.2) is 48.8 Å². The highest BCUT2D eigenvalue weighted by atomic mass is 16.6. The Bertz CT molecular complexity index is 411. The summed E-state index contributed by atoms with van der Waals surface area (Å²) in [6, 6.07) is 0.818. The van der Waals surface area contributed by atoms with Gasteiger partial charge in [0.15, 0.2) is 0 Å². The van der Waals surface area contributed by atoms with Gasteiger partial charge in [-0.3, -0.25) is 4.79 Å². The number of nitrogens with zero attached hydrogens (tertiary/aromatic N) is 1. The van der Waals surface area contributed by atoms with Crippen molar-refractivity contribution in [2.45, 2.75) is 84.0 Å². The summed E-state index contributed by atoms with van der Waals surface area (Å²) in [4.78, 5) is 15.0. The Balaban J connectivity index is 1.40. The molecular formula is C19H33NO3. The first-order valence-corrected chi connectivity index (χ1v) is 9.58. The third-order valence-electron chi connectivity index (χ3n) is 6.09. The molecule has 0 N–H and O–H groups in total. The van der Waals surface area contributed by atoms with E-state index >= 15 is 0 Å². The van der Waals surface area contributed by atoms with Gasteiger partial charge in [0.2, 0.25) is 0 Å². The molecule has 23 heavy (non-hydrogen) atoms. The Labute approximate surface area is 140 Å². The van der Waals surface area contributed by atoms with Gasteiger partial charge in [0.05, 0.1) is 12.0 Å². The molecule has 132 valence electrons. The SMILES string of the molecule is CCCCO[C@@H]1C[C@@H](OC(=O)C2CCN(C3CC3)CC2)C1(C)C. The molecule has 3 rings (SSSR count). The zero-order chi connectivity index (χ0) is 16.4. The number of unbranched alkanes of at least 4 members (excludes halogenated alkanes) is 1. The minimum absolute atomic E-state index is 0.0306. The first-order chi connectivity index (χ1) is 11.0. The smallest absolute Gasteiger partial charge is 0.309 e. The average Bonchev–Trinajstić information content (AvgIpc) is 3.38. The van der Waals surface area contributed by atoms with Crippen molar-refractivity contribution in [1.29, 1.82) is 0 Å². The van der Waals surface area contributed by atoms with Crippen molar-refractivity contribution < 1.29 is 14.3 Å². The first-order valence-electron chi connectivity index (χ1n) is 9.58. The molecule has 2 atom stereocenters. The molecule has 0 bridgehead atoms. The molecule has 0 aromatic rings. The molecule has 4 heteroatoms. The third-order valence-corrected chi connectivity index (χ3v) is 6.09. The molecule has 3 aliphatic rings. The fraction of sp³-hybridized carbons (Fsp3) is 0.947. The number of likely N-dealkylation sites (tertiary alicyclic amines) is 1. The van der Waals surface area contributed by atoms with Crippen LogP contribution in [0.15, 0.2) is 0 Å². The van der Waals surface area contributed by atoms with E-state index in [4.69, 9.17) is 9.47 Å². The van der Waals surface area contributed by atoms with Crippen LogP contribution in [-0.2, 0) is 14.3 Å². The predicted octanol–water partition coefficient (Wildman–Crippen LogP) is 3.39. The van der Waals surface area contributed by atoms with Gasteiger partial charge in [-0.05, 0) is 45.2 Å². The number of piperidine rings is 1. The van der Waals surface area contributed by atoms with Crippen LogP contribution in [0.25, 0.3) is 0 Å². The summed E-state index contributed by atoms with van der Waals surface area (Å²) in [6.45, 7) is 9.48. The topological polar surface area (TPSA) is 38.8 Å². The van der Waals surface area contributed by atoms with Crippen LogP contribution in [0.4, 0.5) is 0 Å². The van der Waals surface area contributed by atoms with Crippen LogP contribution < -0.4 is 0 Å². The van der Waals surface area contributed by atoms with E-state index in [9.17, 15) is 4.79 Å². The average molecular weight is 323 g/mol. The molecule has 1 heterocycles. The number of ether oxygens (including phenoxy) is 2.